The van der Waals surface area contributed by atoms with Gasteiger partial charge >= 0.3 is 0 Å². The molecular weight excluding hydrogens is 536 g/mol. The number of Topliss-reactive ketones (excluding diaryl/α,β-unsaturated/α-hetero) is 2. The Labute approximate surface area is 242 Å². The molecule has 0 fully saturated rings. The Bertz CT molecular complexity index is 1570. The summed E-state index contributed by atoms with van der Waals surface area (Å²) in [7, 11) is -4.07. The number of sulfonamides is 1. The molecule has 2 aromatic carbocycles. The summed E-state index contributed by atoms with van der Waals surface area (Å²) >= 11 is 0. The molecule has 216 valence electrons. The van der Waals surface area contributed by atoms with E-state index in [4.69, 9.17) is 11.5 Å². The molecule has 2 aromatic rings. The van der Waals surface area contributed by atoms with Gasteiger partial charge in [0.15, 0.2) is 11.6 Å². The topological polar surface area (TPSA) is 136 Å². The van der Waals surface area contributed by atoms with E-state index < -0.39 is 21.9 Å². The normalized spacial score (nSPS) is 20.6. The Morgan fingerprint density at radius 3 is 1.76 bits per heavy atom. The third-order valence-corrected chi connectivity index (χ3v) is 9.57. The van der Waals surface area contributed by atoms with Gasteiger partial charge in [-0.15, -0.1) is 4.40 Å². The lowest BCUT2D eigenvalue weighted by atomic mass is 9.63. The van der Waals surface area contributed by atoms with Crippen LogP contribution in [-0.2, 0) is 26.0 Å². The number of benzene rings is 2. The number of carbonyl (C=O) groups is 2. The summed E-state index contributed by atoms with van der Waals surface area (Å²) in [5.74, 6) is -0.890. The summed E-state index contributed by atoms with van der Waals surface area (Å²) in [6.07, 6.45) is 2.95. The maximum Gasteiger partial charge on any atom is 0.285 e. The van der Waals surface area contributed by atoms with Gasteiger partial charge in [-0.05, 0) is 65.5 Å². The van der Waals surface area contributed by atoms with Gasteiger partial charge in [-0.2, -0.15) is 8.42 Å². The number of aryl methyl sites for hydroxylation is 1. The number of nitrogens with two attached hydrogens (primary N) is 2. The fourth-order valence-electron chi connectivity index (χ4n) is 6.51. The Morgan fingerprint density at radius 2 is 1.32 bits per heavy atom. The lowest BCUT2D eigenvalue weighted by Gasteiger charge is -2.49. The molecule has 0 saturated heterocycles. The predicted octanol–water partition coefficient (Wildman–Crippen LogP) is 5.10. The highest BCUT2D eigenvalue weighted by atomic mass is 32.2. The summed E-state index contributed by atoms with van der Waals surface area (Å²) < 4.78 is 28.6. The van der Waals surface area contributed by atoms with Crippen molar-refractivity contribution < 1.29 is 18.0 Å². The first-order valence-electron chi connectivity index (χ1n) is 14.0. The number of hydrogen-bond donors (Lipinski definition) is 2. The molecule has 4 N–H and O–H groups in total. The Hall–Kier alpha value is -3.72. The second-order valence-electron chi connectivity index (χ2n) is 13.0. The van der Waals surface area contributed by atoms with E-state index in [1.165, 1.54) is 17.7 Å². The summed E-state index contributed by atoms with van der Waals surface area (Å²) in [4.78, 5) is 30.0. The van der Waals surface area contributed by atoms with Crippen LogP contribution in [0.5, 0.6) is 0 Å². The number of nitrogens with zero attached hydrogens (tertiary/aromatic N) is 2. The first-order valence-corrected chi connectivity index (χ1v) is 15.4. The van der Waals surface area contributed by atoms with E-state index in [1.54, 1.807) is 12.1 Å². The van der Waals surface area contributed by atoms with Crippen molar-refractivity contribution in [1.82, 2.24) is 0 Å². The SMILES string of the molecule is CCc1ccc(C2C3=C(CC(C)(C)CC3=O)N(c3ccc(S(=O)(=O)N=C(N)N)cc3)C3=C2C(=O)CC(C)(C)C3)cc1. The van der Waals surface area contributed by atoms with Gasteiger partial charge in [-0.25, -0.2) is 0 Å². The highest BCUT2D eigenvalue weighted by Gasteiger charge is 2.49. The summed E-state index contributed by atoms with van der Waals surface area (Å²) in [5, 5.41) is 0. The molecule has 2 aliphatic carbocycles. The molecule has 5 rings (SSSR count). The van der Waals surface area contributed by atoms with Gasteiger partial charge in [0, 0.05) is 47.0 Å². The quantitative estimate of drug-likeness (QED) is 0.374. The molecule has 1 aliphatic heterocycles. The van der Waals surface area contributed by atoms with Gasteiger partial charge in [0.2, 0.25) is 5.96 Å². The van der Waals surface area contributed by atoms with Crippen LogP contribution in [0.3, 0.4) is 0 Å². The zero-order chi connectivity index (χ0) is 29.9. The van der Waals surface area contributed by atoms with Crippen LogP contribution in [0.4, 0.5) is 5.69 Å². The van der Waals surface area contributed by atoms with Crippen molar-refractivity contribution in [1.29, 1.82) is 0 Å². The molecule has 3 aliphatic rings. The second kappa shape index (κ2) is 9.98. The zero-order valence-electron chi connectivity index (χ0n) is 24.3. The van der Waals surface area contributed by atoms with Gasteiger partial charge in [0.1, 0.15) is 0 Å². The van der Waals surface area contributed by atoms with Gasteiger partial charge in [0.25, 0.3) is 10.0 Å². The minimum atomic E-state index is -4.07. The number of carbonyl (C=O) groups excluding carboxylic acids is 2. The molecule has 8 nitrogen and oxygen atoms in total. The predicted molar refractivity (Wildman–Crippen MR) is 161 cm³/mol. The average Bonchev–Trinajstić information content (AvgIpc) is 2.85. The van der Waals surface area contributed by atoms with Gasteiger partial charge in [-0.1, -0.05) is 58.9 Å². The van der Waals surface area contributed by atoms with Crippen LogP contribution in [-0.4, -0.2) is 25.9 Å². The molecule has 41 heavy (non-hydrogen) atoms. The van der Waals surface area contributed by atoms with E-state index in [0.29, 0.717) is 42.5 Å². The maximum atomic E-state index is 14.0. The minimum absolute atomic E-state index is 0.0435. The van der Waals surface area contributed by atoms with Crippen molar-refractivity contribution >= 4 is 33.2 Å². The van der Waals surface area contributed by atoms with E-state index in [2.05, 4.69) is 68.2 Å². The first kappa shape index (κ1) is 28.8. The smallest absolute Gasteiger partial charge is 0.285 e. The van der Waals surface area contributed by atoms with Gasteiger partial charge < -0.3 is 16.4 Å². The molecular formula is C32H38N4O4S. The summed E-state index contributed by atoms with van der Waals surface area (Å²) in [5.41, 5.74) is 16.0. The van der Waals surface area contributed by atoms with Crippen molar-refractivity contribution in [3.05, 3.63) is 82.2 Å². The number of guanidine groups is 1. The summed E-state index contributed by atoms with van der Waals surface area (Å²) in [6.45, 7) is 10.4. The minimum Gasteiger partial charge on any atom is -0.369 e. The average molecular weight is 575 g/mol. The van der Waals surface area contributed by atoms with E-state index in [1.807, 2.05) is 0 Å². The second-order valence-corrected chi connectivity index (χ2v) is 14.6. The summed E-state index contributed by atoms with van der Waals surface area (Å²) in [6, 6.07) is 14.6. The molecule has 0 atom stereocenters. The standard InChI is InChI=1S/C32H38N4O4S/c1-6-19-7-9-20(10-8-19)27-28-23(15-31(2,3)17-25(28)37)36(24-16-32(4,5)18-26(38)29(24)27)21-11-13-22(14-12-21)41(39,40)35-30(33)34/h7-14,27H,6,15-18H2,1-5H3,(H4,33,34,35). The van der Waals surface area contributed by atoms with Crippen molar-refractivity contribution in [2.75, 3.05) is 4.90 Å². The molecule has 0 bridgehead atoms. The van der Waals surface area contributed by atoms with Crippen LogP contribution in [0.1, 0.15) is 77.3 Å². The van der Waals surface area contributed by atoms with Crippen molar-refractivity contribution in [3.8, 4) is 0 Å². The van der Waals surface area contributed by atoms with E-state index in [0.717, 1.165) is 23.4 Å². The van der Waals surface area contributed by atoms with Crippen molar-refractivity contribution in [3.63, 3.8) is 0 Å². The zero-order valence-corrected chi connectivity index (χ0v) is 25.1. The Kier molecular flexibility index (Phi) is 7.01. The van der Waals surface area contributed by atoms with Crippen LogP contribution in [0.25, 0.3) is 0 Å². The van der Waals surface area contributed by atoms with Crippen LogP contribution in [0, 0.1) is 10.8 Å². The molecule has 0 radical (unpaired) electrons. The van der Waals surface area contributed by atoms with Crippen LogP contribution in [0.15, 0.2) is 80.4 Å². The largest absolute Gasteiger partial charge is 0.369 e. The van der Waals surface area contributed by atoms with Crippen LogP contribution >= 0.6 is 0 Å². The lowest BCUT2D eigenvalue weighted by Crippen LogP contribution is -2.44. The molecule has 0 saturated carbocycles. The molecule has 0 unspecified atom stereocenters. The number of hydrogen-bond acceptors (Lipinski definition) is 5. The Morgan fingerprint density at radius 1 is 0.829 bits per heavy atom. The number of anilines is 1. The third kappa shape index (κ3) is 5.35. The molecule has 1 heterocycles. The van der Waals surface area contributed by atoms with E-state index in [9.17, 15) is 18.0 Å². The number of allylic oxidation sites excluding steroid dienone is 4. The fourth-order valence-corrected chi connectivity index (χ4v) is 7.38. The molecule has 9 heteroatoms. The fraction of sp³-hybridized carbons (Fsp3) is 0.406. The first-order chi connectivity index (χ1) is 19.1. The lowest BCUT2D eigenvalue weighted by molar-refractivity contribution is -0.119. The highest BCUT2D eigenvalue weighted by molar-refractivity contribution is 7.90. The molecule has 0 aromatic heterocycles. The Balaban J connectivity index is 1.76. The molecule has 0 amide bonds. The van der Waals surface area contributed by atoms with Crippen molar-refractivity contribution in [2.24, 2.45) is 26.7 Å². The monoisotopic (exact) mass is 574 g/mol. The number of ketones is 2. The van der Waals surface area contributed by atoms with Crippen molar-refractivity contribution in [2.45, 2.75) is 77.5 Å². The van der Waals surface area contributed by atoms with Gasteiger partial charge in [0.05, 0.1) is 4.90 Å². The highest BCUT2D eigenvalue weighted by Crippen LogP contribution is 2.55. The van der Waals surface area contributed by atoms with E-state index in [-0.39, 0.29) is 27.3 Å². The third-order valence-electron chi connectivity index (χ3n) is 8.25. The van der Waals surface area contributed by atoms with Crippen LogP contribution in [0.2, 0.25) is 0 Å². The van der Waals surface area contributed by atoms with Crippen LogP contribution < -0.4 is 16.4 Å². The molecule has 0 spiro atoms. The number of rotatable bonds is 5. The van der Waals surface area contributed by atoms with Gasteiger partial charge in [-0.3, -0.25) is 9.59 Å². The maximum absolute atomic E-state index is 14.0. The van der Waals surface area contributed by atoms with E-state index >= 15 is 0 Å².